The van der Waals surface area contributed by atoms with Crippen LogP contribution in [0.15, 0.2) is 30.6 Å². The maximum absolute atomic E-state index is 9.80. The predicted octanol–water partition coefficient (Wildman–Crippen LogP) is 2.43. The third kappa shape index (κ3) is 2.22. The second-order valence-electron chi connectivity index (χ2n) is 3.80. The number of nitrogens with zero attached hydrogens (tertiary/aromatic N) is 2. The Morgan fingerprint density at radius 2 is 2.07 bits per heavy atom. The van der Waals surface area contributed by atoms with Crippen molar-refractivity contribution in [2.75, 3.05) is 0 Å². The Kier molecular flexibility index (Phi) is 2.54. The minimum atomic E-state index is -0.829. The van der Waals surface area contributed by atoms with Crippen LogP contribution in [-0.4, -0.2) is 15.1 Å². The molecule has 15 heavy (non-hydrogen) atoms. The molecule has 2 heterocycles. The van der Waals surface area contributed by atoms with Gasteiger partial charge < -0.3 is 5.11 Å². The fraction of sp³-hybridized carbons (Fsp3) is 0.273. The summed E-state index contributed by atoms with van der Waals surface area (Å²) in [5.74, 6) is 0. The van der Waals surface area contributed by atoms with Gasteiger partial charge >= 0.3 is 0 Å². The van der Waals surface area contributed by atoms with Crippen LogP contribution in [0.3, 0.4) is 0 Å². The van der Waals surface area contributed by atoms with Crippen molar-refractivity contribution < 1.29 is 5.11 Å². The van der Waals surface area contributed by atoms with Crippen LogP contribution < -0.4 is 0 Å². The summed E-state index contributed by atoms with van der Waals surface area (Å²) in [6.07, 6.45) is 3.44. The summed E-state index contributed by atoms with van der Waals surface area (Å²) < 4.78 is 0. The molecule has 0 aliphatic heterocycles. The highest BCUT2D eigenvalue weighted by Gasteiger charge is 2.19. The minimum absolute atomic E-state index is 0.829. The van der Waals surface area contributed by atoms with Crippen LogP contribution in [0.25, 0.3) is 10.7 Å². The van der Waals surface area contributed by atoms with Crippen LogP contribution in [0.5, 0.6) is 0 Å². The van der Waals surface area contributed by atoms with Crippen LogP contribution >= 0.6 is 11.3 Å². The number of rotatable bonds is 2. The molecule has 2 rings (SSSR count). The highest BCUT2D eigenvalue weighted by atomic mass is 32.1. The fourth-order valence-corrected chi connectivity index (χ4v) is 2.06. The number of thiazole rings is 1. The second kappa shape index (κ2) is 3.72. The van der Waals surface area contributed by atoms with Crippen LogP contribution in [0, 0.1) is 0 Å². The molecule has 0 aromatic carbocycles. The first-order valence-electron chi connectivity index (χ1n) is 4.67. The molecular formula is C11H12N2OS. The van der Waals surface area contributed by atoms with E-state index >= 15 is 0 Å². The van der Waals surface area contributed by atoms with E-state index in [4.69, 9.17) is 0 Å². The normalized spacial score (nSPS) is 11.7. The maximum atomic E-state index is 9.80. The zero-order valence-corrected chi connectivity index (χ0v) is 9.45. The maximum Gasteiger partial charge on any atom is 0.142 e. The van der Waals surface area contributed by atoms with Crippen LogP contribution in [0.4, 0.5) is 0 Å². The molecule has 0 amide bonds. The first kappa shape index (κ1) is 10.3. The number of pyridine rings is 1. The number of hydrogen-bond donors (Lipinski definition) is 1. The zero-order valence-electron chi connectivity index (χ0n) is 8.64. The molecule has 0 atom stereocenters. The van der Waals surface area contributed by atoms with Crippen LogP contribution in [0.2, 0.25) is 0 Å². The summed E-state index contributed by atoms with van der Waals surface area (Å²) in [7, 11) is 0. The van der Waals surface area contributed by atoms with Gasteiger partial charge in [0.2, 0.25) is 0 Å². The zero-order chi connectivity index (χ0) is 10.9. The molecule has 4 heteroatoms. The number of hydrogen-bond acceptors (Lipinski definition) is 4. The molecule has 2 aromatic heterocycles. The first-order valence-corrected chi connectivity index (χ1v) is 5.49. The van der Waals surface area contributed by atoms with E-state index in [0.717, 1.165) is 15.6 Å². The van der Waals surface area contributed by atoms with E-state index in [2.05, 4.69) is 9.97 Å². The van der Waals surface area contributed by atoms with E-state index in [1.165, 1.54) is 11.3 Å². The molecule has 0 radical (unpaired) electrons. The Morgan fingerprint density at radius 3 is 2.60 bits per heavy atom. The van der Waals surface area contributed by atoms with E-state index in [1.807, 2.05) is 18.2 Å². The average molecular weight is 220 g/mol. The molecule has 0 saturated carbocycles. The van der Waals surface area contributed by atoms with Crippen LogP contribution in [-0.2, 0) is 5.60 Å². The summed E-state index contributed by atoms with van der Waals surface area (Å²) >= 11 is 1.47. The SMILES string of the molecule is CC(C)(O)c1cnc(-c2ccccn2)s1. The largest absolute Gasteiger partial charge is 0.385 e. The van der Waals surface area contributed by atoms with E-state index in [-0.39, 0.29) is 0 Å². The third-order valence-electron chi connectivity index (χ3n) is 1.99. The molecule has 0 bridgehead atoms. The topological polar surface area (TPSA) is 46.0 Å². The van der Waals surface area contributed by atoms with Gasteiger partial charge in [0.05, 0.1) is 16.2 Å². The van der Waals surface area contributed by atoms with Gasteiger partial charge in [-0.1, -0.05) is 6.07 Å². The minimum Gasteiger partial charge on any atom is -0.385 e. The Balaban J connectivity index is 2.37. The highest BCUT2D eigenvalue weighted by Crippen LogP contribution is 2.30. The van der Waals surface area contributed by atoms with Crippen molar-refractivity contribution in [2.24, 2.45) is 0 Å². The first-order chi connectivity index (χ1) is 7.07. The molecule has 0 aliphatic rings. The van der Waals surface area contributed by atoms with E-state index in [1.54, 1.807) is 26.2 Å². The smallest absolute Gasteiger partial charge is 0.142 e. The van der Waals surface area contributed by atoms with Gasteiger partial charge in [-0.15, -0.1) is 11.3 Å². The van der Waals surface area contributed by atoms with Gasteiger partial charge in [-0.2, -0.15) is 0 Å². The van der Waals surface area contributed by atoms with E-state index in [0.29, 0.717) is 0 Å². The Bertz CT molecular complexity index is 445. The van der Waals surface area contributed by atoms with Crippen molar-refractivity contribution in [1.82, 2.24) is 9.97 Å². The van der Waals surface area contributed by atoms with Crippen molar-refractivity contribution >= 4 is 11.3 Å². The Hall–Kier alpha value is -1.26. The molecule has 1 N–H and O–H groups in total. The van der Waals surface area contributed by atoms with Gasteiger partial charge in [0.25, 0.3) is 0 Å². The Morgan fingerprint density at radius 1 is 1.27 bits per heavy atom. The average Bonchev–Trinajstić information content (AvgIpc) is 2.67. The lowest BCUT2D eigenvalue weighted by molar-refractivity contribution is 0.0823. The summed E-state index contributed by atoms with van der Waals surface area (Å²) in [6.45, 7) is 3.51. The fourth-order valence-electron chi connectivity index (χ4n) is 1.16. The molecule has 0 fully saturated rings. The van der Waals surface area contributed by atoms with Crippen molar-refractivity contribution in [3.05, 3.63) is 35.5 Å². The quantitative estimate of drug-likeness (QED) is 0.845. The molecule has 0 spiro atoms. The van der Waals surface area contributed by atoms with Crippen molar-refractivity contribution in [1.29, 1.82) is 0 Å². The van der Waals surface area contributed by atoms with Gasteiger partial charge in [-0.3, -0.25) is 4.98 Å². The predicted molar refractivity (Wildman–Crippen MR) is 60.6 cm³/mol. The lowest BCUT2D eigenvalue weighted by Crippen LogP contribution is -2.12. The number of aromatic nitrogens is 2. The molecular weight excluding hydrogens is 208 g/mol. The Labute approximate surface area is 92.5 Å². The summed E-state index contributed by atoms with van der Waals surface area (Å²) in [4.78, 5) is 9.31. The second-order valence-corrected chi connectivity index (χ2v) is 4.83. The van der Waals surface area contributed by atoms with Gasteiger partial charge in [-0.25, -0.2) is 4.98 Å². The van der Waals surface area contributed by atoms with Crippen molar-refractivity contribution in [3.8, 4) is 10.7 Å². The van der Waals surface area contributed by atoms with Crippen molar-refractivity contribution in [3.63, 3.8) is 0 Å². The van der Waals surface area contributed by atoms with Gasteiger partial charge in [-0.05, 0) is 26.0 Å². The lowest BCUT2D eigenvalue weighted by Gasteiger charge is -2.12. The summed E-state index contributed by atoms with van der Waals surface area (Å²) in [6, 6.07) is 5.70. The van der Waals surface area contributed by atoms with Gasteiger partial charge in [0, 0.05) is 12.4 Å². The molecule has 3 nitrogen and oxygen atoms in total. The van der Waals surface area contributed by atoms with Crippen molar-refractivity contribution in [2.45, 2.75) is 19.4 Å². The molecule has 0 unspecified atom stereocenters. The summed E-state index contributed by atoms with van der Waals surface area (Å²) in [5, 5.41) is 10.6. The highest BCUT2D eigenvalue weighted by molar-refractivity contribution is 7.15. The van der Waals surface area contributed by atoms with Gasteiger partial charge in [0.15, 0.2) is 0 Å². The molecule has 2 aromatic rings. The molecule has 78 valence electrons. The van der Waals surface area contributed by atoms with E-state index < -0.39 is 5.60 Å². The number of aliphatic hydroxyl groups is 1. The van der Waals surface area contributed by atoms with E-state index in [9.17, 15) is 5.11 Å². The lowest BCUT2D eigenvalue weighted by atomic mass is 10.1. The molecule has 0 aliphatic carbocycles. The third-order valence-corrected chi connectivity index (χ3v) is 3.33. The monoisotopic (exact) mass is 220 g/mol. The molecule has 0 saturated heterocycles. The summed E-state index contributed by atoms with van der Waals surface area (Å²) in [5.41, 5.74) is 0.0167. The van der Waals surface area contributed by atoms with Crippen LogP contribution in [0.1, 0.15) is 18.7 Å². The standard InChI is InChI=1S/C11H12N2OS/c1-11(2,14)9-7-13-10(15-9)8-5-3-4-6-12-8/h3-7,14H,1-2H3. The van der Waals surface area contributed by atoms with Gasteiger partial charge in [0.1, 0.15) is 5.01 Å².